The van der Waals surface area contributed by atoms with Crippen molar-refractivity contribution in [3.05, 3.63) is 83.6 Å². The number of carbonyl (C=O) groups excluding carboxylic acids is 1. The number of hydrogen-bond acceptors (Lipinski definition) is 4. The van der Waals surface area contributed by atoms with Crippen molar-refractivity contribution in [3.63, 3.8) is 0 Å². The zero-order valence-corrected chi connectivity index (χ0v) is 14.3. The Balaban J connectivity index is 1.88. The van der Waals surface area contributed by atoms with Crippen LogP contribution in [0.5, 0.6) is 11.6 Å². The number of nitrogens with one attached hydrogen (secondary N) is 1. The van der Waals surface area contributed by atoms with Gasteiger partial charge in [-0.15, -0.1) is 0 Å². The molecule has 3 aromatic rings. The minimum Gasteiger partial charge on any atom is -0.439 e. The van der Waals surface area contributed by atoms with E-state index in [-0.39, 0.29) is 11.3 Å². The second kappa shape index (κ2) is 8.10. The number of para-hydroxylation sites is 1. The molecule has 0 aliphatic heterocycles. The van der Waals surface area contributed by atoms with Crippen molar-refractivity contribution in [1.82, 2.24) is 4.98 Å². The van der Waals surface area contributed by atoms with Crippen LogP contribution in [0, 0.1) is 0 Å². The molecule has 0 aliphatic rings. The first-order valence-corrected chi connectivity index (χ1v) is 8.05. The summed E-state index contributed by atoms with van der Waals surface area (Å²) in [4.78, 5) is 15.8. The Morgan fingerprint density at radius 3 is 2.54 bits per heavy atom. The first-order chi connectivity index (χ1) is 14.0. The lowest BCUT2D eigenvalue weighted by Gasteiger charge is -2.12. The van der Waals surface area contributed by atoms with Crippen LogP contribution in [-0.2, 0) is 12.7 Å². The molecule has 2 aromatic carbocycles. The van der Waals surface area contributed by atoms with E-state index in [4.69, 9.17) is 13.2 Å². The summed E-state index contributed by atoms with van der Waals surface area (Å²) in [5.41, 5.74) is 4.29. The van der Waals surface area contributed by atoms with Gasteiger partial charge in [-0.3, -0.25) is 4.79 Å². The Morgan fingerprint density at radius 2 is 1.86 bits per heavy atom. The third-order valence-electron chi connectivity index (χ3n) is 3.61. The molecule has 5 nitrogen and oxygen atoms in total. The van der Waals surface area contributed by atoms with Crippen LogP contribution in [0.3, 0.4) is 0 Å². The van der Waals surface area contributed by atoms with E-state index in [9.17, 15) is 18.0 Å². The number of aromatic nitrogens is 1. The minimum atomic E-state index is -4.82. The highest BCUT2D eigenvalue weighted by atomic mass is 19.4. The second-order valence-corrected chi connectivity index (χ2v) is 5.67. The first-order valence-electron chi connectivity index (χ1n) is 9.05. The fourth-order valence-electron chi connectivity index (χ4n) is 2.33. The highest BCUT2D eigenvalue weighted by Gasteiger charge is 2.33. The predicted molar refractivity (Wildman–Crippen MR) is 98.0 cm³/mol. The Hall–Kier alpha value is -3.39. The zero-order chi connectivity index (χ0) is 21.9. The van der Waals surface area contributed by atoms with Crippen molar-refractivity contribution in [2.45, 2.75) is 12.7 Å². The maximum absolute atomic E-state index is 13.1. The number of nitrogens with zero attached hydrogens (tertiary/aromatic N) is 1. The van der Waals surface area contributed by atoms with Gasteiger partial charge in [0.05, 0.1) is 0 Å². The third-order valence-corrected chi connectivity index (χ3v) is 3.61. The fourth-order valence-corrected chi connectivity index (χ4v) is 2.33. The SMILES string of the molecule is [2H]C([2H])(N)c1cc(Oc2cccc(C(=O)Nc3ccccc3)c2)nc(C(F)(F)F)c1. The van der Waals surface area contributed by atoms with Crippen LogP contribution in [0.25, 0.3) is 0 Å². The number of halogens is 3. The summed E-state index contributed by atoms with van der Waals surface area (Å²) < 4.78 is 59.7. The largest absolute Gasteiger partial charge is 0.439 e. The zero-order valence-electron chi connectivity index (χ0n) is 16.3. The van der Waals surface area contributed by atoms with E-state index in [0.717, 1.165) is 6.07 Å². The number of ether oxygens (including phenoxy) is 1. The lowest BCUT2D eigenvalue weighted by molar-refractivity contribution is -0.141. The van der Waals surface area contributed by atoms with E-state index in [1.54, 1.807) is 30.3 Å². The number of carbonyl (C=O) groups is 1. The van der Waals surface area contributed by atoms with Gasteiger partial charge in [0, 0.05) is 26.6 Å². The van der Waals surface area contributed by atoms with Gasteiger partial charge in [-0.2, -0.15) is 13.2 Å². The molecule has 0 radical (unpaired) electrons. The Kier molecular flexibility index (Phi) is 4.85. The van der Waals surface area contributed by atoms with E-state index in [0.29, 0.717) is 11.8 Å². The molecular formula is C20H16F3N3O2. The molecule has 3 N–H and O–H groups in total. The average molecular weight is 389 g/mol. The van der Waals surface area contributed by atoms with Crippen molar-refractivity contribution in [2.75, 3.05) is 5.32 Å². The van der Waals surface area contributed by atoms with Crippen LogP contribution in [0.1, 0.15) is 24.4 Å². The van der Waals surface area contributed by atoms with Crippen molar-refractivity contribution in [1.29, 1.82) is 0 Å². The van der Waals surface area contributed by atoms with Crippen molar-refractivity contribution in [3.8, 4) is 11.6 Å². The Labute approximate surface area is 161 Å². The molecule has 8 heteroatoms. The van der Waals surface area contributed by atoms with Gasteiger partial charge in [0.25, 0.3) is 5.91 Å². The summed E-state index contributed by atoms with van der Waals surface area (Å²) in [6, 6.07) is 16.0. The lowest BCUT2D eigenvalue weighted by Crippen LogP contribution is -2.12. The van der Waals surface area contributed by atoms with Gasteiger partial charge in [0.15, 0.2) is 0 Å². The number of alkyl halides is 3. The van der Waals surface area contributed by atoms with E-state index >= 15 is 0 Å². The number of nitrogens with two attached hydrogens (primary N) is 1. The topological polar surface area (TPSA) is 77.2 Å². The molecule has 0 bridgehead atoms. The first kappa shape index (κ1) is 16.8. The number of amides is 1. The predicted octanol–water partition coefficient (Wildman–Crippen LogP) is 4.60. The smallest absolute Gasteiger partial charge is 0.433 e. The van der Waals surface area contributed by atoms with Gasteiger partial charge in [0.1, 0.15) is 11.4 Å². The molecule has 1 amide bonds. The summed E-state index contributed by atoms with van der Waals surface area (Å²) in [6.45, 7) is -2.53. The van der Waals surface area contributed by atoms with Crippen molar-refractivity contribution >= 4 is 11.6 Å². The second-order valence-electron chi connectivity index (χ2n) is 5.67. The highest BCUT2D eigenvalue weighted by molar-refractivity contribution is 6.04. The summed E-state index contributed by atoms with van der Waals surface area (Å²) in [5, 5.41) is 2.68. The average Bonchev–Trinajstić information content (AvgIpc) is 2.67. The van der Waals surface area contributed by atoms with Gasteiger partial charge in [-0.05, 0) is 42.0 Å². The van der Waals surface area contributed by atoms with Crippen LogP contribution in [0.2, 0.25) is 0 Å². The third kappa shape index (κ3) is 4.86. The number of pyridine rings is 1. The van der Waals surface area contributed by atoms with Gasteiger partial charge < -0.3 is 15.8 Å². The quantitative estimate of drug-likeness (QED) is 0.668. The molecule has 0 saturated heterocycles. The number of anilines is 1. The van der Waals surface area contributed by atoms with Gasteiger partial charge in [-0.25, -0.2) is 4.98 Å². The molecule has 0 atom stereocenters. The molecule has 0 unspecified atom stereocenters. The van der Waals surface area contributed by atoms with Gasteiger partial charge in [0.2, 0.25) is 5.88 Å². The summed E-state index contributed by atoms with van der Waals surface area (Å²) in [7, 11) is 0. The van der Waals surface area contributed by atoms with E-state index < -0.39 is 35.7 Å². The number of rotatable bonds is 5. The van der Waals surface area contributed by atoms with E-state index in [1.807, 2.05) is 0 Å². The molecule has 1 heterocycles. The molecule has 1 aromatic heterocycles. The summed E-state index contributed by atoms with van der Waals surface area (Å²) in [5.74, 6) is -0.900. The monoisotopic (exact) mass is 389 g/mol. The number of benzene rings is 2. The van der Waals surface area contributed by atoms with Crippen molar-refractivity contribution in [2.24, 2.45) is 5.73 Å². The maximum Gasteiger partial charge on any atom is 0.433 e. The van der Waals surface area contributed by atoms with Crippen LogP contribution in [0.4, 0.5) is 18.9 Å². The standard InChI is InChI=1S/C20H16F3N3O2/c21-20(22,23)17-9-13(12-24)10-18(26-17)28-16-8-4-5-14(11-16)19(27)25-15-6-2-1-3-7-15/h1-11H,12,24H2,(H,25,27)/i12D2. The highest BCUT2D eigenvalue weighted by Crippen LogP contribution is 2.31. The van der Waals surface area contributed by atoms with Crippen LogP contribution < -0.4 is 15.8 Å². The molecule has 0 spiro atoms. The molecule has 144 valence electrons. The molecule has 0 saturated carbocycles. The number of hydrogen-bond donors (Lipinski definition) is 2. The molecule has 0 fully saturated rings. The lowest BCUT2D eigenvalue weighted by atomic mass is 10.2. The van der Waals surface area contributed by atoms with Crippen LogP contribution in [0.15, 0.2) is 66.7 Å². The molecule has 3 rings (SSSR count). The fraction of sp³-hybridized carbons (Fsp3) is 0.100. The molecule has 28 heavy (non-hydrogen) atoms. The minimum absolute atomic E-state index is 0.0473. The van der Waals surface area contributed by atoms with Crippen molar-refractivity contribution < 1.29 is 25.4 Å². The van der Waals surface area contributed by atoms with Crippen LogP contribution >= 0.6 is 0 Å². The van der Waals surface area contributed by atoms with Crippen LogP contribution in [-0.4, -0.2) is 10.9 Å². The normalized spacial score (nSPS) is 12.7. The summed E-state index contributed by atoms with van der Waals surface area (Å²) >= 11 is 0. The maximum atomic E-state index is 13.1. The van der Waals surface area contributed by atoms with Gasteiger partial charge in [-0.1, -0.05) is 24.3 Å². The van der Waals surface area contributed by atoms with E-state index in [2.05, 4.69) is 10.3 Å². The van der Waals surface area contributed by atoms with Gasteiger partial charge >= 0.3 is 6.18 Å². The van der Waals surface area contributed by atoms with E-state index in [1.165, 1.54) is 24.3 Å². The summed E-state index contributed by atoms with van der Waals surface area (Å²) in [6.07, 6.45) is -4.82. The Morgan fingerprint density at radius 1 is 1.11 bits per heavy atom. The molecular weight excluding hydrogens is 371 g/mol. The Bertz CT molecular complexity index is 1020. The molecule has 0 aliphatic carbocycles.